The average molecular weight is 529 g/mol. The molecule has 39 heavy (non-hydrogen) atoms. The van der Waals surface area contributed by atoms with Crippen LogP contribution in [0.4, 0.5) is 0 Å². The Labute approximate surface area is 233 Å². The van der Waals surface area contributed by atoms with Crippen LogP contribution < -0.4 is 4.74 Å². The molecule has 0 amide bonds. The van der Waals surface area contributed by atoms with Crippen molar-refractivity contribution >= 4 is 5.97 Å². The first kappa shape index (κ1) is 30.0. The maximum atomic E-state index is 12.0. The van der Waals surface area contributed by atoms with E-state index in [0.717, 1.165) is 22.3 Å². The van der Waals surface area contributed by atoms with Crippen molar-refractivity contribution in [2.45, 2.75) is 65.4 Å². The Morgan fingerprint density at radius 2 is 1.59 bits per heavy atom. The standard InChI is InChI=1S/C34H40O5/c1-9-38-32(36)25-18-15-23(16-19-25)17-20-28(35)29-30(34(5,6)7)26(24-13-11-10-12-14-24)21-27(33(2,3)4)31(29)39-22-37-8/h10-16,18-19,21,28,35H,9,22H2,1-8H3. The highest BCUT2D eigenvalue weighted by molar-refractivity contribution is 5.89. The number of rotatable bonds is 7. The fourth-order valence-electron chi connectivity index (χ4n) is 4.56. The lowest BCUT2D eigenvalue weighted by molar-refractivity contribution is 0.0474. The summed E-state index contributed by atoms with van der Waals surface area (Å²) in [6.45, 7) is 14.9. The summed E-state index contributed by atoms with van der Waals surface area (Å²) in [7, 11) is 1.58. The quantitative estimate of drug-likeness (QED) is 0.200. The van der Waals surface area contributed by atoms with Gasteiger partial charge in [0.1, 0.15) is 11.9 Å². The molecule has 1 N–H and O–H groups in total. The van der Waals surface area contributed by atoms with Crippen LogP contribution in [-0.2, 0) is 20.3 Å². The van der Waals surface area contributed by atoms with E-state index < -0.39 is 6.10 Å². The van der Waals surface area contributed by atoms with Crippen molar-refractivity contribution in [2.24, 2.45) is 0 Å². The van der Waals surface area contributed by atoms with Crippen molar-refractivity contribution < 1.29 is 24.1 Å². The molecule has 0 saturated carbocycles. The number of esters is 1. The molecule has 0 aliphatic carbocycles. The molecule has 1 unspecified atom stereocenters. The lowest BCUT2D eigenvalue weighted by atomic mass is 9.73. The first-order chi connectivity index (χ1) is 18.4. The average Bonchev–Trinajstić information content (AvgIpc) is 2.89. The Morgan fingerprint density at radius 3 is 2.13 bits per heavy atom. The van der Waals surface area contributed by atoms with Gasteiger partial charge in [0.05, 0.1) is 12.2 Å². The monoisotopic (exact) mass is 528 g/mol. The minimum absolute atomic E-state index is 0.0415. The summed E-state index contributed by atoms with van der Waals surface area (Å²) in [5.41, 5.74) is 5.16. The molecule has 1 atom stereocenters. The van der Waals surface area contributed by atoms with E-state index in [1.54, 1.807) is 38.3 Å². The molecule has 3 aromatic rings. The third-order valence-electron chi connectivity index (χ3n) is 6.30. The van der Waals surface area contributed by atoms with E-state index in [2.05, 4.69) is 71.6 Å². The van der Waals surface area contributed by atoms with E-state index >= 15 is 0 Å². The van der Waals surface area contributed by atoms with Crippen molar-refractivity contribution in [3.05, 3.63) is 88.5 Å². The summed E-state index contributed by atoms with van der Waals surface area (Å²) in [6, 6.07) is 19.2. The highest BCUT2D eigenvalue weighted by Gasteiger charge is 2.33. The van der Waals surface area contributed by atoms with E-state index in [-0.39, 0.29) is 23.6 Å². The van der Waals surface area contributed by atoms with Gasteiger partial charge in [0, 0.05) is 23.8 Å². The number of methoxy groups -OCH3 is 1. The molecule has 0 fully saturated rings. The summed E-state index contributed by atoms with van der Waals surface area (Å²) in [4.78, 5) is 12.0. The Hall–Kier alpha value is -3.59. The Morgan fingerprint density at radius 1 is 0.949 bits per heavy atom. The molecule has 0 radical (unpaired) electrons. The van der Waals surface area contributed by atoms with Crippen molar-refractivity contribution in [1.29, 1.82) is 0 Å². The molecule has 0 bridgehead atoms. The van der Waals surface area contributed by atoms with Gasteiger partial charge in [-0.2, -0.15) is 0 Å². The SMILES string of the molecule is CCOC(=O)c1ccc(C#CC(O)c2c(OCOC)c(C(C)(C)C)cc(-c3ccccc3)c2C(C)(C)C)cc1. The fourth-order valence-corrected chi connectivity index (χ4v) is 4.56. The zero-order valence-corrected chi connectivity index (χ0v) is 24.3. The van der Waals surface area contributed by atoms with E-state index in [9.17, 15) is 9.90 Å². The molecule has 0 aliphatic rings. The molecular weight excluding hydrogens is 488 g/mol. The highest BCUT2D eigenvalue weighted by atomic mass is 16.7. The van der Waals surface area contributed by atoms with Gasteiger partial charge in [0.15, 0.2) is 6.79 Å². The van der Waals surface area contributed by atoms with Crippen molar-refractivity contribution in [3.63, 3.8) is 0 Å². The summed E-state index contributed by atoms with van der Waals surface area (Å²) in [5, 5.41) is 11.7. The molecule has 0 aromatic heterocycles. The van der Waals surface area contributed by atoms with E-state index in [1.807, 2.05) is 18.2 Å². The number of aliphatic hydroxyl groups is 1. The summed E-state index contributed by atoms with van der Waals surface area (Å²) >= 11 is 0. The van der Waals surface area contributed by atoms with Gasteiger partial charge in [-0.25, -0.2) is 4.79 Å². The number of carbonyl (C=O) groups is 1. The lowest BCUT2D eigenvalue weighted by Crippen LogP contribution is -2.23. The van der Waals surface area contributed by atoms with Gasteiger partial charge in [-0.05, 0) is 64.8 Å². The van der Waals surface area contributed by atoms with Crippen molar-refractivity contribution in [1.82, 2.24) is 0 Å². The maximum absolute atomic E-state index is 12.0. The normalized spacial score (nSPS) is 12.3. The van der Waals surface area contributed by atoms with Gasteiger partial charge in [-0.3, -0.25) is 0 Å². The predicted molar refractivity (Wildman–Crippen MR) is 156 cm³/mol. The summed E-state index contributed by atoms with van der Waals surface area (Å²) in [5.74, 6) is 6.34. The van der Waals surface area contributed by atoms with Gasteiger partial charge in [0.2, 0.25) is 0 Å². The van der Waals surface area contributed by atoms with Crippen molar-refractivity contribution in [3.8, 4) is 28.7 Å². The van der Waals surface area contributed by atoms with Crippen LogP contribution in [0.3, 0.4) is 0 Å². The minimum Gasteiger partial charge on any atom is -0.467 e. The number of ether oxygens (including phenoxy) is 3. The largest absolute Gasteiger partial charge is 0.467 e. The number of aliphatic hydroxyl groups excluding tert-OH is 1. The Balaban J connectivity index is 2.26. The topological polar surface area (TPSA) is 65.0 Å². The number of hydrogen-bond donors (Lipinski definition) is 1. The van der Waals surface area contributed by atoms with Crippen LogP contribution in [0.2, 0.25) is 0 Å². The zero-order valence-electron chi connectivity index (χ0n) is 24.3. The van der Waals surface area contributed by atoms with Crippen molar-refractivity contribution in [2.75, 3.05) is 20.5 Å². The molecule has 0 saturated heterocycles. The van der Waals surface area contributed by atoms with Gasteiger partial charge in [0.25, 0.3) is 0 Å². The molecule has 3 rings (SSSR count). The van der Waals surface area contributed by atoms with Gasteiger partial charge < -0.3 is 19.3 Å². The van der Waals surface area contributed by atoms with Crippen LogP contribution in [0.25, 0.3) is 11.1 Å². The maximum Gasteiger partial charge on any atom is 0.338 e. The Bertz CT molecular complexity index is 1330. The Kier molecular flexibility index (Phi) is 9.61. The summed E-state index contributed by atoms with van der Waals surface area (Å²) < 4.78 is 16.6. The predicted octanol–water partition coefficient (Wildman–Crippen LogP) is 7.19. The van der Waals surface area contributed by atoms with Crippen LogP contribution in [0.15, 0.2) is 60.7 Å². The second-order valence-corrected chi connectivity index (χ2v) is 11.5. The van der Waals surface area contributed by atoms with Crippen LogP contribution in [0.5, 0.6) is 5.75 Å². The second kappa shape index (κ2) is 12.5. The third-order valence-corrected chi connectivity index (χ3v) is 6.30. The fraction of sp³-hybridized carbons (Fsp3) is 0.382. The van der Waals surface area contributed by atoms with Crippen LogP contribution in [-0.4, -0.2) is 31.6 Å². The molecule has 0 spiro atoms. The van der Waals surface area contributed by atoms with Gasteiger partial charge in [-0.15, -0.1) is 0 Å². The molecule has 0 heterocycles. The van der Waals surface area contributed by atoms with Gasteiger partial charge in [-0.1, -0.05) is 83.7 Å². The highest BCUT2D eigenvalue weighted by Crippen LogP contribution is 2.47. The van der Waals surface area contributed by atoms with Gasteiger partial charge >= 0.3 is 5.97 Å². The number of carbonyl (C=O) groups excluding carboxylic acids is 1. The molecule has 5 nitrogen and oxygen atoms in total. The number of hydrogen-bond acceptors (Lipinski definition) is 5. The third kappa shape index (κ3) is 7.29. The van der Waals surface area contributed by atoms with E-state index in [4.69, 9.17) is 14.2 Å². The first-order valence-corrected chi connectivity index (χ1v) is 13.2. The van der Waals surface area contributed by atoms with Crippen LogP contribution >= 0.6 is 0 Å². The first-order valence-electron chi connectivity index (χ1n) is 13.2. The zero-order chi connectivity index (χ0) is 28.8. The number of benzene rings is 3. The summed E-state index contributed by atoms with van der Waals surface area (Å²) in [6.07, 6.45) is -1.14. The van der Waals surface area contributed by atoms with Crippen LogP contribution in [0, 0.1) is 11.8 Å². The minimum atomic E-state index is -1.14. The lowest BCUT2D eigenvalue weighted by Gasteiger charge is -2.33. The smallest absolute Gasteiger partial charge is 0.338 e. The molecule has 0 aliphatic heterocycles. The molecule has 206 valence electrons. The molecular formula is C34H40O5. The van der Waals surface area contributed by atoms with E-state index in [0.29, 0.717) is 29.0 Å². The van der Waals surface area contributed by atoms with E-state index in [1.165, 1.54) is 0 Å². The second-order valence-electron chi connectivity index (χ2n) is 11.5. The molecule has 5 heteroatoms. The van der Waals surface area contributed by atoms with Crippen LogP contribution in [0.1, 0.15) is 87.2 Å². The molecule has 3 aromatic carbocycles.